The van der Waals surface area contributed by atoms with Gasteiger partial charge in [0.25, 0.3) is 0 Å². The summed E-state index contributed by atoms with van der Waals surface area (Å²) in [6.07, 6.45) is 3.44. The Hall–Kier alpha value is -0.950. The lowest BCUT2D eigenvalue weighted by atomic mass is 10.2. The second kappa shape index (κ2) is 6.04. The Morgan fingerprint density at radius 1 is 1.29 bits per heavy atom. The first-order valence-electron chi connectivity index (χ1n) is 7.26. The predicted octanol–water partition coefficient (Wildman–Crippen LogP) is 2.70. The van der Waals surface area contributed by atoms with Crippen molar-refractivity contribution in [3.63, 3.8) is 0 Å². The second-order valence-corrected chi connectivity index (χ2v) is 8.35. The zero-order valence-corrected chi connectivity index (χ0v) is 13.7. The van der Waals surface area contributed by atoms with Crippen LogP contribution in [0.5, 0.6) is 0 Å². The molecule has 114 valence electrons. The number of thiophene rings is 1. The molecular formula is C15H20N2O2S2. The highest BCUT2D eigenvalue weighted by Crippen LogP contribution is 2.35. The van der Waals surface area contributed by atoms with Gasteiger partial charge in [0, 0.05) is 28.1 Å². The van der Waals surface area contributed by atoms with Crippen molar-refractivity contribution in [2.75, 3.05) is 13.6 Å². The van der Waals surface area contributed by atoms with Gasteiger partial charge in [-0.05, 0) is 25.5 Å². The molecular weight excluding hydrogens is 304 g/mol. The Kier molecular flexibility index (Phi) is 4.31. The zero-order chi connectivity index (χ0) is 14.9. The maximum absolute atomic E-state index is 12.7. The van der Waals surface area contributed by atoms with Crippen molar-refractivity contribution in [3.05, 3.63) is 29.1 Å². The lowest BCUT2D eigenvalue weighted by Crippen LogP contribution is -2.26. The maximum atomic E-state index is 12.7. The van der Waals surface area contributed by atoms with Crippen LogP contribution in [0.15, 0.2) is 29.2 Å². The van der Waals surface area contributed by atoms with Gasteiger partial charge >= 0.3 is 0 Å². The number of rotatable bonds is 7. The molecule has 0 spiro atoms. The van der Waals surface area contributed by atoms with Gasteiger partial charge in [-0.25, -0.2) is 13.1 Å². The number of sulfonamides is 1. The molecule has 0 amide bonds. The molecule has 4 nitrogen and oxygen atoms in total. The number of nitrogens with one attached hydrogen (secondary N) is 2. The van der Waals surface area contributed by atoms with E-state index in [2.05, 4.69) is 10.0 Å². The number of hydrogen-bond donors (Lipinski definition) is 2. The van der Waals surface area contributed by atoms with Crippen LogP contribution in [0, 0.1) is 5.92 Å². The lowest BCUT2D eigenvalue weighted by Gasteiger charge is -2.08. The molecule has 0 saturated heterocycles. The molecule has 0 unspecified atom stereocenters. The third-order valence-electron chi connectivity index (χ3n) is 3.77. The first-order valence-corrected chi connectivity index (χ1v) is 9.56. The van der Waals surface area contributed by atoms with Gasteiger partial charge in [-0.3, -0.25) is 0 Å². The highest BCUT2D eigenvalue weighted by Gasteiger charge is 2.25. The van der Waals surface area contributed by atoms with Crippen LogP contribution in [-0.4, -0.2) is 22.0 Å². The van der Waals surface area contributed by atoms with E-state index in [0.717, 1.165) is 27.3 Å². The molecule has 3 rings (SSSR count). The van der Waals surface area contributed by atoms with Gasteiger partial charge in [0.05, 0.1) is 0 Å². The highest BCUT2D eigenvalue weighted by molar-refractivity contribution is 7.90. The van der Waals surface area contributed by atoms with Gasteiger partial charge in [0.15, 0.2) is 0 Å². The number of fused-ring (bicyclic) bond motifs is 1. The topological polar surface area (TPSA) is 58.2 Å². The van der Waals surface area contributed by atoms with Crippen LogP contribution in [0.25, 0.3) is 10.1 Å². The van der Waals surface area contributed by atoms with Crippen LogP contribution in [0.3, 0.4) is 0 Å². The van der Waals surface area contributed by atoms with Gasteiger partial charge in [-0.1, -0.05) is 31.0 Å². The molecule has 1 aromatic heterocycles. The molecule has 0 radical (unpaired) electrons. The van der Waals surface area contributed by atoms with E-state index in [4.69, 9.17) is 0 Å². The fraction of sp³-hybridized carbons (Fsp3) is 0.467. The van der Waals surface area contributed by atoms with Crippen LogP contribution in [0.4, 0.5) is 0 Å². The highest BCUT2D eigenvalue weighted by atomic mass is 32.2. The molecule has 6 heteroatoms. The standard InChI is InChI=1S/C15H20N2O2S2/c1-16-10-14-15(12-4-2-3-5-13(12)20-14)21(18,19)17-9-8-11-6-7-11/h2-5,11,16-17H,6-10H2,1H3. The molecule has 1 aliphatic carbocycles. The Morgan fingerprint density at radius 2 is 2.05 bits per heavy atom. The van der Waals surface area contributed by atoms with Gasteiger partial charge in [0.1, 0.15) is 4.90 Å². The van der Waals surface area contributed by atoms with Crippen molar-refractivity contribution in [1.82, 2.24) is 10.0 Å². The van der Waals surface area contributed by atoms with Crippen molar-refractivity contribution in [3.8, 4) is 0 Å². The van der Waals surface area contributed by atoms with Crippen molar-refractivity contribution in [1.29, 1.82) is 0 Å². The third kappa shape index (κ3) is 3.29. The second-order valence-electron chi connectivity index (χ2n) is 5.51. The van der Waals surface area contributed by atoms with E-state index in [-0.39, 0.29) is 0 Å². The summed E-state index contributed by atoms with van der Waals surface area (Å²) in [5, 5.41) is 3.89. The predicted molar refractivity (Wildman–Crippen MR) is 87.1 cm³/mol. The SMILES string of the molecule is CNCc1sc2ccccc2c1S(=O)(=O)NCCC1CC1. The normalized spacial score (nSPS) is 15.7. The van der Waals surface area contributed by atoms with E-state index < -0.39 is 10.0 Å². The van der Waals surface area contributed by atoms with Crippen LogP contribution in [-0.2, 0) is 16.6 Å². The Labute approximate surface area is 129 Å². The summed E-state index contributed by atoms with van der Waals surface area (Å²) in [5.41, 5.74) is 0. The molecule has 1 aliphatic rings. The largest absolute Gasteiger partial charge is 0.315 e. The Balaban J connectivity index is 1.93. The third-order valence-corrected chi connectivity index (χ3v) is 6.65. The van der Waals surface area contributed by atoms with E-state index in [1.54, 1.807) is 11.3 Å². The van der Waals surface area contributed by atoms with Crippen molar-refractivity contribution < 1.29 is 8.42 Å². The number of hydrogen-bond acceptors (Lipinski definition) is 4. The van der Waals surface area contributed by atoms with Crippen molar-refractivity contribution in [2.45, 2.75) is 30.7 Å². The molecule has 0 atom stereocenters. The van der Waals surface area contributed by atoms with E-state index in [1.165, 1.54) is 12.8 Å². The summed E-state index contributed by atoms with van der Waals surface area (Å²) >= 11 is 1.55. The van der Waals surface area contributed by atoms with Crippen molar-refractivity contribution in [2.24, 2.45) is 5.92 Å². The minimum Gasteiger partial charge on any atom is -0.315 e. The summed E-state index contributed by atoms with van der Waals surface area (Å²) in [4.78, 5) is 1.32. The molecule has 2 N–H and O–H groups in total. The molecule has 1 fully saturated rings. The zero-order valence-electron chi connectivity index (χ0n) is 12.1. The average Bonchev–Trinajstić information content (AvgIpc) is 3.18. The first-order chi connectivity index (χ1) is 10.1. The van der Waals surface area contributed by atoms with Gasteiger partial charge in [0.2, 0.25) is 10.0 Å². The molecule has 1 aromatic carbocycles. The maximum Gasteiger partial charge on any atom is 0.242 e. The van der Waals surface area contributed by atoms with E-state index in [1.807, 2.05) is 31.3 Å². The molecule has 0 aliphatic heterocycles. The fourth-order valence-corrected chi connectivity index (χ4v) is 5.52. The van der Waals surface area contributed by atoms with Crippen LogP contribution in [0.1, 0.15) is 24.1 Å². The minimum absolute atomic E-state index is 0.452. The Bertz CT molecular complexity index is 733. The molecule has 1 saturated carbocycles. The minimum atomic E-state index is -3.44. The monoisotopic (exact) mass is 324 g/mol. The smallest absolute Gasteiger partial charge is 0.242 e. The first kappa shape index (κ1) is 15.0. The summed E-state index contributed by atoms with van der Waals surface area (Å²) in [6, 6.07) is 7.70. The summed E-state index contributed by atoms with van der Waals surface area (Å²) in [6.45, 7) is 1.11. The quantitative estimate of drug-likeness (QED) is 0.823. The summed E-state index contributed by atoms with van der Waals surface area (Å²) in [5.74, 6) is 0.726. The van der Waals surface area contributed by atoms with Gasteiger partial charge < -0.3 is 5.32 Å². The molecule has 21 heavy (non-hydrogen) atoms. The summed E-state index contributed by atoms with van der Waals surface area (Å²) < 4.78 is 29.1. The fourth-order valence-electron chi connectivity index (χ4n) is 2.52. The van der Waals surface area contributed by atoms with Crippen LogP contribution in [0.2, 0.25) is 0 Å². The lowest BCUT2D eigenvalue weighted by molar-refractivity contribution is 0.575. The van der Waals surface area contributed by atoms with E-state index in [9.17, 15) is 8.42 Å². The van der Waals surface area contributed by atoms with Crippen LogP contribution >= 0.6 is 11.3 Å². The van der Waals surface area contributed by atoms with E-state index >= 15 is 0 Å². The van der Waals surface area contributed by atoms with E-state index in [0.29, 0.717) is 18.0 Å². The van der Waals surface area contributed by atoms with Gasteiger partial charge in [-0.15, -0.1) is 11.3 Å². The molecule has 0 bridgehead atoms. The Morgan fingerprint density at radius 3 is 2.76 bits per heavy atom. The van der Waals surface area contributed by atoms with Crippen molar-refractivity contribution >= 4 is 31.4 Å². The summed E-state index contributed by atoms with van der Waals surface area (Å²) in [7, 11) is -1.61. The van der Waals surface area contributed by atoms with Gasteiger partial charge in [-0.2, -0.15) is 0 Å². The average molecular weight is 324 g/mol. The molecule has 2 aromatic rings. The molecule has 1 heterocycles. The van der Waals surface area contributed by atoms with Crippen LogP contribution < -0.4 is 10.0 Å². The number of benzene rings is 1.